The molecule has 1 aliphatic carbocycles. The Labute approximate surface area is 106 Å². The number of hydrogen-bond acceptors (Lipinski definition) is 4. The summed E-state index contributed by atoms with van der Waals surface area (Å²) in [4.78, 5) is 0.0733. The lowest BCUT2D eigenvalue weighted by Crippen LogP contribution is -2.12. The number of anilines is 1. The first kappa shape index (κ1) is 12.7. The SMILES string of the molecule is Nc1ccc(S(=O)(=O)COCC2CC2)c(Cl)c1. The number of nitrogens with two attached hydrogens (primary N) is 1. The van der Waals surface area contributed by atoms with Crippen LogP contribution in [0.3, 0.4) is 0 Å². The van der Waals surface area contributed by atoms with Crippen LogP contribution in [0.1, 0.15) is 12.8 Å². The smallest absolute Gasteiger partial charge is 0.203 e. The molecule has 0 spiro atoms. The van der Waals surface area contributed by atoms with Crippen molar-refractivity contribution >= 4 is 27.1 Å². The molecule has 0 atom stereocenters. The summed E-state index contributed by atoms with van der Waals surface area (Å²) in [6.45, 7) is 0.506. The molecular formula is C11H14ClNO3S. The molecule has 1 aromatic carbocycles. The van der Waals surface area contributed by atoms with Crippen molar-refractivity contribution in [2.75, 3.05) is 18.3 Å². The van der Waals surface area contributed by atoms with E-state index in [2.05, 4.69) is 0 Å². The molecule has 0 amide bonds. The Kier molecular flexibility index (Phi) is 3.61. The average Bonchev–Trinajstić information content (AvgIpc) is 3.00. The van der Waals surface area contributed by atoms with Gasteiger partial charge >= 0.3 is 0 Å². The zero-order valence-corrected chi connectivity index (χ0v) is 10.8. The molecule has 0 aliphatic heterocycles. The van der Waals surface area contributed by atoms with Crippen molar-refractivity contribution in [2.24, 2.45) is 5.92 Å². The first-order chi connectivity index (χ1) is 7.99. The van der Waals surface area contributed by atoms with Gasteiger partial charge in [0.2, 0.25) is 9.84 Å². The van der Waals surface area contributed by atoms with Crippen LogP contribution >= 0.6 is 11.6 Å². The van der Waals surface area contributed by atoms with Gasteiger partial charge in [-0.1, -0.05) is 11.6 Å². The zero-order valence-electron chi connectivity index (χ0n) is 9.23. The number of halogens is 1. The van der Waals surface area contributed by atoms with Crippen molar-refractivity contribution in [3.05, 3.63) is 23.2 Å². The summed E-state index contributed by atoms with van der Waals surface area (Å²) in [5.41, 5.74) is 5.95. The van der Waals surface area contributed by atoms with Crippen LogP contribution in [0, 0.1) is 5.92 Å². The minimum Gasteiger partial charge on any atom is -0.399 e. The molecule has 2 N–H and O–H groups in total. The number of rotatable bonds is 5. The summed E-state index contributed by atoms with van der Waals surface area (Å²) in [7, 11) is -3.49. The van der Waals surface area contributed by atoms with Crippen molar-refractivity contribution in [1.82, 2.24) is 0 Å². The van der Waals surface area contributed by atoms with Crippen LogP contribution in [0.2, 0.25) is 5.02 Å². The summed E-state index contributed by atoms with van der Waals surface area (Å²) in [6, 6.07) is 4.35. The Morgan fingerprint density at radius 3 is 2.71 bits per heavy atom. The van der Waals surface area contributed by atoms with Gasteiger partial charge in [0, 0.05) is 5.69 Å². The fraction of sp³-hybridized carbons (Fsp3) is 0.455. The lowest BCUT2D eigenvalue weighted by atomic mass is 10.3. The van der Waals surface area contributed by atoms with E-state index >= 15 is 0 Å². The average molecular weight is 276 g/mol. The third-order valence-electron chi connectivity index (χ3n) is 2.58. The number of hydrogen-bond donors (Lipinski definition) is 1. The topological polar surface area (TPSA) is 69.4 Å². The molecule has 1 aliphatic rings. The minimum atomic E-state index is -3.49. The monoisotopic (exact) mass is 275 g/mol. The zero-order chi connectivity index (χ0) is 12.5. The van der Waals surface area contributed by atoms with E-state index in [-0.39, 0.29) is 15.9 Å². The minimum absolute atomic E-state index is 0.0733. The van der Waals surface area contributed by atoms with Crippen LogP contribution in [0.5, 0.6) is 0 Å². The maximum absolute atomic E-state index is 11.9. The Bertz CT molecular complexity index is 511. The summed E-state index contributed by atoms with van der Waals surface area (Å²) < 4.78 is 29.0. The third-order valence-corrected chi connectivity index (χ3v) is 4.51. The van der Waals surface area contributed by atoms with Crippen LogP contribution in [-0.2, 0) is 14.6 Å². The second-order valence-corrected chi connectivity index (χ2v) is 6.55. The first-order valence-corrected chi connectivity index (χ1v) is 7.37. The fourth-order valence-electron chi connectivity index (χ4n) is 1.44. The highest BCUT2D eigenvalue weighted by Crippen LogP contribution is 2.29. The van der Waals surface area contributed by atoms with Gasteiger partial charge in [0.15, 0.2) is 5.94 Å². The Hall–Kier alpha value is -0.780. The van der Waals surface area contributed by atoms with E-state index in [4.69, 9.17) is 22.1 Å². The summed E-state index contributed by atoms with van der Waals surface area (Å²) in [5, 5.41) is 0.139. The van der Waals surface area contributed by atoms with Crippen molar-refractivity contribution < 1.29 is 13.2 Å². The lowest BCUT2D eigenvalue weighted by Gasteiger charge is -2.07. The van der Waals surface area contributed by atoms with E-state index in [1.807, 2.05) is 0 Å². The molecule has 0 aromatic heterocycles. The van der Waals surface area contributed by atoms with Gasteiger partial charge in [-0.05, 0) is 37.0 Å². The standard InChI is InChI=1S/C11H14ClNO3S/c12-10-5-9(13)3-4-11(10)17(14,15)7-16-6-8-1-2-8/h3-5,8H,1-2,6-7,13H2. The van der Waals surface area contributed by atoms with Gasteiger partial charge in [0.25, 0.3) is 0 Å². The van der Waals surface area contributed by atoms with Crippen molar-refractivity contribution in [2.45, 2.75) is 17.7 Å². The fourth-order valence-corrected chi connectivity index (χ4v) is 3.06. The number of sulfone groups is 1. The second-order valence-electron chi connectivity index (χ2n) is 4.24. The number of ether oxygens (including phenoxy) is 1. The van der Waals surface area contributed by atoms with Gasteiger partial charge in [-0.15, -0.1) is 0 Å². The van der Waals surface area contributed by atoms with Crippen molar-refractivity contribution in [3.8, 4) is 0 Å². The third kappa shape index (κ3) is 3.34. The van der Waals surface area contributed by atoms with E-state index in [0.29, 0.717) is 18.2 Å². The van der Waals surface area contributed by atoms with E-state index < -0.39 is 9.84 Å². The van der Waals surface area contributed by atoms with Gasteiger partial charge < -0.3 is 10.5 Å². The molecule has 1 saturated carbocycles. The molecule has 1 aromatic rings. The molecule has 0 saturated heterocycles. The molecule has 0 unspecified atom stereocenters. The highest BCUT2D eigenvalue weighted by molar-refractivity contribution is 7.91. The normalized spacial score (nSPS) is 16.1. The first-order valence-electron chi connectivity index (χ1n) is 5.34. The van der Waals surface area contributed by atoms with E-state index in [9.17, 15) is 8.42 Å². The molecule has 6 heteroatoms. The largest absolute Gasteiger partial charge is 0.399 e. The molecule has 0 bridgehead atoms. The lowest BCUT2D eigenvalue weighted by molar-refractivity contribution is 0.165. The van der Waals surface area contributed by atoms with Crippen LogP contribution < -0.4 is 5.73 Å². The van der Waals surface area contributed by atoms with E-state index in [1.54, 1.807) is 0 Å². The second kappa shape index (κ2) is 4.84. The molecule has 17 heavy (non-hydrogen) atoms. The molecule has 1 fully saturated rings. The maximum Gasteiger partial charge on any atom is 0.203 e. The van der Waals surface area contributed by atoms with Crippen LogP contribution in [0.15, 0.2) is 23.1 Å². The summed E-state index contributed by atoms with van der Waals surface area (Å²) in [5.74, 6) is 0.208. The predicted octanol–water partition coefficient (Wildman–Crippen LogP) is 2.08. The predicted molar refractivity (Wildman–Crippen MR) is 66.6 cm³/mol. The molecule has 4 nitrogen and oxygen atoms in total. The van der Waals surface area contributed by atoms with Gasteiger partial charge in [-0.25, -0.2) is 8.42 Å². The molecule has 94 valence electrons. The summed E-state index contributed by atoms with van der Waals surface area (Å²) in [6.07, 6.45) is 2.26. The van der Waals surface area contributed by atoms with Crippen LogP contribution in [-0.4, -0.2) is 21.0 Å². The Morgan fingerprint density at radius 2 is 2.12 bits per heavy atom. The van der Waals surface area contributed by atoms with E-state index in [0.717, 1.165) is 12.8 Å². The molecule has 0 radical (unpaired) electrons. The number of benzene rings is 1. The van der Waals surface area contributed by atoms with Gasteiger partial charge in [-0.3, -0.25) is 0 Å². The Morgan fingerprint density at radius 1 is 1.41 bits per heavy atom. The van der Waals surface area contributed by atoms with Crippen molar-refractivity contribution in [1.29, 1.82) is 0 Å². The van der Waals surface area contributed by atoms with Gasteiger partial charge in [0.05, 0.1) is 16.5 Å². The quantitative estimate of drug-likeness (QED) is 0.836. The van der Waals surface area contributed by atoms with Crippen LogP contribution in [0.25, 0.3) is 0 Å². The highest BCUT2D eigenvalue weighted by Gasteiger charge is 2.24. The summed E-state index contributed by atoms with van der Waals surface area (Å²) >= 11 is 5.85. The maximum atomic E-state index is 11.9. The molecular weight excluding hydrogens is 262 g/mol. The number of nitrogen functional groups attached to an aromatic ring is 1. The van der Waals surface area contributed by atoms with Gasteiger partial charge in [0.1, 0.15) is 0 Å². The van der Waals surface area contributed by atoms with E-state index in [1.165, 1.54) is 18.2 Å². The van der Waals surface area contributed by atoms with Crippen molar-refractivity contribution in [3.63, 3.8) is 0 Å². The molecule has 2 rings (SSSR count). The Balaban J connectivity index is 2.07. The van der Waals surface area contributed by atoms with Gasteiger partial charge in [-0.2, -0.15) is 0 Å². The van der Waals surface area contributed by atoms with Crippen LogP contribution in [0.4, 0.5) is 5.69 Å². The highest BCUT2D eigenvalue weighted by atomic mass is 35.5. The molecule has 0 heterocycles.